The number of allylic oxidation sites excluding steroid dienone is 4. The van der Waals surface area contributed by atoms with Gasteiger partial charge in [0.25, 0.3) is 0 Å². The maximum atomic E-state index is 10.3. The highest BCUT2D eigenvalue weighted by atomic mass is 16.6. The summed E-state index contributed by atoms with van der Waals surface area (Å²) in [6.45, 7) is 2.18. The van der Waals surface area contributed by atoms with E-state index in [1.54, 1.807) is 0 Å². The summed E-state index contributed by atoms with van der Waals surface area (Å²) in [4.78, 5) is 10.3. The number of rotatable bonds is 14. The van der Waals surface area contributed by atoms with Crippen molar-refractivity contribution in [2.24, 2.45) is 0 Å². The second-order valence-corrected chi connectivity index (χ2v) is 6.25. The van der Waals surface area contributed by atoms with Crippen LogP contribution in [-0.4, -0.2) is 34.5 Å². The molecule has 1 fully saturated rings. The van der Waals surface area contributed by atoms with Crippen LogP contribution in [0.2, 0.25) is 0 Å². The summed E-state index contributed by atoms with van der Waals surface area (Å²) in [5.41, 5.74) is 0. The van der Waals surface area contributed by atoms with Crippen LogP contribution in [-0.2, 0) is 9.53 Å². The molecule has 1 aliphatic heterocycles. The van der Waals surface area contributed by atoms with E-state index in [0.29, 0.717) is 6.42 Å². The van der Waals surface area contributed by atoms with Crippen molar-refractivity contribution >= 4 is 5.97 Å². The Morgan fingerprint density at radius 3 is 2.58 bits per heavy atom. The highest BCUT2D eigenvalue weighted by Gasteiger charge is 2.42. The lowest BCUT2D eigenvalue weighted by Gasteiger charge is -2.00. The van der Waals surface area contributed by atoms with Crippen molar-refractivity contribution in [2.75, 3.05) is 0 Å². The standard InChI is InChI=1S/C20H32O4/c1-2-3-4-8-11-14-17(21)20-18(24-20)15-12-9-6-5-7-10-13-16-19(22)23/h5,7,9,11-12,14,17-18,20-21H,2-4,6,8,10,13,15-16H2,1H3,(H,22,23). The first-order valence-electron chi connectivity index (χ1n) is 9.17. The molecule has 0 radical (unpaired) electrons. The second-order valence-electron chi connectivity index (χ2n) is 6.25. The molecule has 0 aliphatic carbocycles. The number of aliphatic carboxylic acids is 1. The van der Waals surface area contributed by atoms with Gasteiger partial charge in [0.15, 0.2) is 0 Å². The van der Waals surface area contributed by atoms with Gasteiger partial charge in [0.05, 0.1) is 6.10 Å². The van der Waals surface area contributed by atoms with E-state index in [-0.39, 0.29) is 18.6 Å². The molecule has 0 spiro atoms. The zero-order chi connectivity index (χ0) is 17.6. The van der Waals surface area contributed by atoms with Crippen LogP contribution in [0.4, 0.5) is 0 Å². The summed E-state index contributed by atoms with van der Waals surface area (Å²) in [6, 6.07) is 0. The molecule has 2 N–H and O–H groups in total. The van der Waals surface area contributed by atoms with Crippen molar-refractivity contribution in [3.8, 4) is 0 Å². The van der Waals surface area contributed by atoms with E-state index < -0.39 is 12.1 Å². The number of epoxide rings is 1. The SMILES string of the molecule is CCCCCC=CC(O)C1OC1CC=CCC=CCCCC(=O)O. The minimum absolute atomic E-state index is 0.0522. The van der Waals surface area contributed by atoms with Gasteiger partial charge in [-0.05, 0) is 38.5 Å². The van der Waals surface area contributed by atoms with Gasteiger partial charge in [0, 0.05) is 6.42 Å². The third-order valence-electron chi connectivity index (χ3n) is 4.00. The van der Waals surface area contributed by atoms with E-state index >= 15 is 0 Å². The third-order valence-corrected chi connectivity index (χ3v) is 4.00. The van der Waals surface area contributed by atoms with Crippen LogP contribution in [0.15, 0.2) is 36.5 Å². The zero-order valence-electron chi connectivity index (χ0n) is 14.8. The molecular weight excluding hydrogens is 304 g/mol. The Morgan fingerprint density at radius 2 is 1.83 bits per heavy atom. The van der Waals surface area contributed by atoms with Crippen LogP contribution in [0, 0.1) is 0 Å². The summed E-state index contributed by atoms with van der Waals surface area (Å²) in [5, 5.41) is 18.5. The average Bonchev–Trinajstić information content (AvgIpc) is 3.32. The number of hydrogen-bond acceptors (Lipinski definition) is 3. The number of aliphatic hydroxyl groups excluding tert-OH is 1. The van der Waals surface area contributed by atoms with Gasteiger partial charge in [-0.25, -0.2) is 0 Å². The molecule has 1 heterocycles. The van der Waals surface area contributed by atoms with Crippen molar-refractivity contribution in [3.63, 3.8) is 0 Å². The maximum Gasteiger partial charge on any atom is 0.303 e. The molecule has 0 amide bonds. The summed E-state index contributed by atoms with van der Waals surface area (Å²) in [5.74, 6) is -0.736. The fourth-order valence-corrected chi connectivity index (χ4v) is 2.49. The molecule has 3 atom stereocenters. The zero-order valence-corrected chi connectivity index (χ0v) is 14.8. The van der Waals surface area contributed by atoms with Crippen molar-refractivity contribution in [1.82, 2.24) is 0 Å². The number of hydrogen-bond donors (Lipinski definition) is 2. The molecule has 0 bridgehead atoms. The summed E-state index contributed by atoms with van der Waals surface area (Å²) < 4.78 is 5.51. The lowest BCUT2D eigenvalue weighted by atomic mass is 10.1. The lowest BCUT2D eigenvalue weighted by molar-refractivity contribution is -0.137. The Bertz CT molecular complexity index is 425. The van der Waals surface area contributed by atoms with Crippen LogP contribution in [0.25, 0.3) is 0 Å². The topological polar surface area (TPSA) is 70.1 Å². The Labute approximate surface area is 145 Å². The monoisotopic (exact) mass is 336 g/mol. The van der Waals surface area contributed by atoms with Gasteiger partial charge in [-0.1, -0.05) is 56.2 Å². The van der Waals surface area contributed by atoms with E-state index in [1.165, 1.54) is 19.3 Å². The van der Waals surface area contributed by atoms with Crippen LogP contribution in [0.3, 0.4) is 0 Å². The normalized spacial score (nSPS) is 21.9. The van der Waals surface area contributed by atoms with Gasteiger partial charge in [-0.2, -0.15) is 0 Å². The van der Waals surface area contributed by atoms with Crippen LogP contribution < -0.4 is 0 Å². The first kappa shape index (κ1) is 20.7. The first-order valence-corrected chi connectivity index (χ1v) is 9.17. The predicted octanol–water partition coefficient (Wildman–Crippen LogP) is 4.40. The molecule has 1 saturated heterocycles. The van der Waals surface area contributed by atoms with E-state index in [0.717, 1.165) is 25.7 Å². The first-order chi connectivity index (χ1) is 11.6. The molecule has 136 valence electrons. The van der Waals surface area contributed by atoms with Crippen molar-refractivity contribution in [2.45, 2.75) is 83.0 Å². The molecule has 0 aromatic carbocycles. The number of carboxylic acids is 1. The second kappa shape index (κ2) is 13.0. The number of carboxylic acid groups (broad SMARTS) is 1. The largest absolute Gasteiger partial charge is 0.481 e. The van der Waals surface area contributed by atoms with Gasteiger partial charge in [-0.15, -0.1) is 0 Å². The number of carbonyl (C=O) groups is 1. The smallest absolute Gasteiger partial charge is 0.303 e. The van der Waals surface area contributed by atoms with Crippen LogP contribution in [0.1, 0.15) is 64.7 Å². The van der Waals surface area contributed by atoms with Gasteiger partial charge >= 0.3 is 5.97 Å². The minimum Gasteiger partial charge on any atom is -0.481 e. The molecule has 0 saturated carbocycles. The van der Waals surface area contributed by atoms with Gasteiger partial charge in [0.1, 0.15) is 12.2 Å². The van der Waals surface area contributed by atoms with Gasteiger partial charge < -0.3 is 14.9 Å². The molecule has 4 nitrogen and oxygen atoms in total. The summed E-state index contributed by atoms with van der Waals surface area (Å²) in [7, 11) is 0. The van der Waals surface area contributed by atoms with Crippen molar-refractivity contribution in [3.05, 3.63) is 36.5 Å². The molecule has 3 unspecified atom stereocenters. The minimum atomic E-state index is -0.736. The van der Waals surface area contributed by atoms with E-state index in [4.69, 9.17) is 9.84 Å². The molecule has 4 heteroatoms. The van der Waals surface area contributed by atoms with Gasteiger partial charge in [-0.3, -0.25) is 4.79 Å². The fourth-order valence-electron chi connectivity index (χ4n) is 2.49. The molecule has 0 aromatic heterocycles. The highest BCUT2D eigenvalue weighted by molar-refractivity contribution is 5.66. The molecule has 24 heavy (non-hydrogen) atoms. The Morgan fingerprint density at radius 1 is 1.08 bits per heavy atom. The summed E-state index contributed by atoms with van der Waals surface area (Å²) >= 11 is 0. The van der Waals surface area contributed by atoms with Crippen LogP contribution in [0.5, 0.6) is 0 Å². The van der Waals surface area contributed by atoms with Gasteiger partial charge in [0.2, 0.25) is 0 Å². The third kappa shape index (κ3) is 10.4. The average molecular weight is 336 g/mol. The quantitative estimate of drug-likeness (QED) is 0.280. The fraction of sp³-hybridized carbons (Fsp3) is 0.650. The summed E-state index contributed by atoms with van der Waals surface area (Å²) in [6.07, 6.45) is 19.9. The Hall–Kier alpha value is -1.39. The van der Waals surface area contributed by atoms with Crippen molar-refractivity contribution in [1.29, 1.82) is 0 Å². The van der Waals surface area contributed by atoms with Crippen LogP contribution >= 0.6 is 0 Å². The number of unbranched alkanes of at least 4 members (excludes halogenated alkanes) is 4. The molecule has 0 aromatic rings. The number of ether oxygens (including phenoxy) is 1. The molecular formula is C20H32O4. The van der Waals surface area contributed by atoms with Crippen molar-refractivity contribution < 1.29 is 19.7 Å². The number of aliphatic hydroxyl groups is 1. The predicted molar refractivity (Wildman–Crippen MR) is 97.0 cm³/mol. The highest BCUT2D eigenvalue weighted by Crippen LogP contribution is 2.29. The molecule has 1 aliphatic rings. The lowest BCUT2D eigenvalue weighted by Crippen LogP contribution is -2.13. The van der Waals surface area contributed by atoms with E-state index in [9.17, 15) is 9.90 Å². The van der Waals surface area contributed by atoms with E-state index in [1.807, 2.05) is 12.2 Å². The molecule has 1 rings (SSSR count). The Balaban J connectivity index is 2.02. The maximum absolute atomic E-state index is 10.3. The van der Waals surface area contributed by atoms with E-state index in [2.05, 4.69) is 31.2 Å². The Kier molecular flexibility index (Phi) is 11.2.